The molecule has 0 fully saturated rings. The fraction of sp³-hybridized carbons (Fsp3) is 0.143. The van der Waals surface area contributed by atoms with Gasteiger partial charge in [0.2, 0.25) is 5.91 Å². The minimum atomic E-state index is -0.552. The molecule has 1 atom stereocenters. The Morgan fingerprint density at radius 3 is 2.90 bits per heavy atom. The highest BCUT2D eigenvalue weighted by Crippen LogP contribution is 2.28. The highest BCUT2D eigenvalue weighted by molar-refractivity contribution is 5.74. The maximum Gasteiger partial charge on any atom is 0.217 e. The number of benzene rings is 1. The number of hydrogen-bond donors (Lipinski definition) is 2. The molecule has 6 heteroatoms. The lowest BCUT2D eigenvalue weighted by molar-refractivity contribution is -0.603. The third-order valence-electron chi connectivity index (χ3n) is 2.95. The van der Waals surface area contributed by atoms with Crippen molar-refractivity contribution >= 4 is 17.4 Å². The van der Waals surface area contributed by atoms with Crippen molar-refractivity contribution in [2.75, 3.05) is 5.73 Å². The topological polar surface area (TPSA) is 87.2 Å². The Bertz CT molecular complexity index is 670. The summed E-state index contributed by atoms with van der Waals surface area (Å²) in [4.78, 5) is 11.0. The third kappa shape index (κ3) is 2.35. The van der Waals surface area contributed by atoms with E-state index in [1.165, 1.54) is 6.92 Å². The van der Waals surface area contributed by atoms with Gasteiger partial charge in [-0.3, -0.25) is 10.1 Å². The monoisotopic (exact) mass is 268 g/mol. The van der Waals surface area contributed by atoms with Gasteiger partial charge in [0.05, 0.1) is 6.29 Å². The molecule has 0 saturated heterocycles. The van der Waals surface area contributed by atoms with Crippen LogP contribution in [0.3, 0.4) is 0 Å². The molecule has 1 aliphatic rings. The summed E-state index contributed by atoms with van der Waals surface area (Å²) in [5.74, 6) is 0.545. The maximum atomic E-state index is 11.0. The highest BCUT2D eigenvalue weighted by atomic mass is 16.1. The van der Waals surface area contributed by atoms with Gasteiger partial charge in [0.1, 0.15) is 5.82 Å². The average Bonchev–Trinajstić information content (AvgIpc) is 2.78. The maximum absolute atomic E-state index is 11.0. The summed E-state index contributed by atoms with van der Waals surface area (Å²) in [6.07, 6.45) is 1.32. The van der Waals surface area contributed by atoms with Crippen LogP contribution >= 0.6 is 0 Å². The van der Waals surface area contributed by atoms with Crippen molar-refractivity contribution in [2.24, 2.45) is 0 Å². The number of rotatable bonds is 2. The Hall–Kier alpha value is -2.76. The van der Waals surface area contributed by atoms with Crippen LogP contribution in [0.1, 0.15) is 6.92 Å². The van der Waals surface area contributed by atoms with E-state index < -0.39 is 6.29 Å². The van der Waals surface area contributed by atoms with Gasteiger partial charge in [0, 0.05) is 12.6 Å². The lowest BCUT2D eigenvalue weighted by Gasteiger charge is -2.24. The number of fused-ring (bicyclic) bond motifs is 1. The number of anilines is 1. The predicted octanol–water partition coefficient (Wildman–Crippen LogP) is 1.80. The number of aromatic nitrogens is 1. The van der Waals surface area contributed by atoms with Gasteiger partial charge in [0.15, 0.2) is 0 Å². The van der Waals surface area contributed by atoms with Gasteiger partial charge in [-0.1, -0.05) is 12.1 Å². The Labute approximate surface area is 116 Å². The number of pyridine rings is 1. The van der Waals surface area contributed by atoms with E-state index in [1.807, 2.05) is 42.6 Å². The van der Waals surface area contributed by atoms with Crippen molar-refractivity contribution < 1.29 is 9.47 Å². The van der Waals surface area contributed by atoms with Crippen molar-refractivity contribution in [2.45, 2.75) is 13.2 Å². The number of amides is 1. The van der Waals surface area contributed by atoms with Crippen molar-refractivity contribution in [3.05, 3.63) is 53.3 Å². The Morgan fingerprint density at radius 2 is 2.15 bits per heavy atom. The van der Waals surface area contributed by atoms with Gasteiger partial charge < -0.3 is 21.2 Å². The van der Waals surface area contributed by atoms with Crippen LogP contribution in [0.4, 0.5) is 11.5 Å². The van der Waals surface area contributed by atoms with E-state index in [0.717, 1.165) is 11.1 Å². The quantitative estimate of drug-likeness (QED) is 0.642. The van der Waals surface area contributed by atoms with E-state index in [2.05, 4.69) is 16.1 Å². The summed E-state index contributed by atoms with van der Waals surface area (Å²) in [5.41, 5.74) is 12.8. The Balaban J connectivity index is 1.87. The van der Waals surface area contributed by atoms with Crippen molar-refractivity contribution in [1.82, 2.24) is 5.32 Å². The second kappa shape index (κ2) is 4.73. The molecule has 1 amide bonds. The number of carbonyl (C=O) groups is 1. The average molecular weight is 268 g/mol. The molecule has 102 valence electrons. The Morgan fingerprint density at radius 1 is 1.30 bits per heavy atom. The second-order valence-corrected chi connectivity index (χ2v) is 4.56. The standard InChI is InChI=1S/C14H14N5O/c1-9(20)16-14-17-13-6-5-11(8-19(13)18-14)10-3-2-4-12(15)7-10/h2-8,14H,15H2,1H3,(H,16,20)/q-1. The van der Waals surface area contributed by atoms with Crippen LogP contribution in [-0.4, -0.2) is 12.2 Å². The summed E-state index contributed by atoms with van der Waals surface area (Å²) < 4.78 is 1.67. The predicted molar refractivity (Wildman–Crippen MR) is 75.9 cm³/mol. The van der Waals surface area contributed by atoms with Crippen LogP contribution in [0.25, 0.3) is 21.9 Å². The summed E-state index contributed by atoms with van der Waals surface area (Å²) in [5, 5.41) is 6.93. The second-order valence-electron chi connectivity index (χ2n) is 4.56. The van der Waals surface area contributed by atoms with Crippen LogP contribution < -0.4 is 15.7 Å². The van der Waals surface area contributed by atoms with Crippen molar-refractivity contribution in [1.29, 1.82) is 0 Å². The van der Waals surface area contributed by atoms with Gasteiger partial charge >= 0.3 is 0 Å². The lowest BCUT2D eigenvalue weighted by atomic mass is 10.1. The molecule has 1 aromatic carbocycles. The fourth-order valence-corrected chi connectivity index (χ4v) is 2.08. The van der Waals surface area contributed by atoms with Gasteiger partial charge in [-0.25, -0.2) is 0 Å². The van der Waals surface area contributed by atoms with E-state index in [9.17, 15) is 4.79 Å². The molecule has 3 N–H and O–H groups in total. The molecular formula is C14H14N5O-. The van der Waals surface area contributed by atoms with Crippen LogP contribution in [0.2, 0.25) is 0 Å². The molecule has 2 heterocycles. The first-order chi connectivity index (χ1) is 9.61. The molecule has 1 aliphatic heterocycles. The summed E-state index contributed by atoms with van der Waals surface area (Å²) in [6.45, 7) is 1.44. The molecule has 6 nitrogen and oxygen atoms in total. The summed E-state index contributed by atoms with van der Waals surface area (Å²) in [6, 6.07) is 11.5. The third-order valence-corrected chi connectivity index (χ3v) is 2.95. The first kappa shape index (κ1) is 12.3. The van der Waals surface area contributed by atoms with E-state index in [4.69, 9.17) is 5.73 Å². The molecule has 1 unspecified atom stereocenters. The summed E-state index contributed by atoms with van der Waals surface area (Å²) in [7, 11) is 0. The normalized spacial score (nSPS) is 15.9. The zero-order valence-corrected chi connectivity index (χ0v) is 10.9. The summed E-state index contributed by atoms with van der Waals surface area (Å²) >= 11 is 0. The van der Waals surface area contributed by atoms with Crippen LogP contribution in [-0.2, 0) is 4.79 Å². The molecule has 0 spiro atoms. The van der Waals surface area contributed by atoms with E-state index >= 15 is 0 Å². The molecule has 20 heavy (non-hydrogen) atoms. The number of carbonyl (C=O) groups excluding carboxylic acids is 1. The molecule has 0 bridgehead atoms. The smallest absolute Gasteiger partial charge is 0.217 e. The molecule has 0 saturated carbocycles. The minimum Gasteiger partial charge on any atom is -0.578 e. The molecule has 0 radical (unpaired) electrons. The number of hydrogen-bond acceptors (Lipinski definition) is 2. The van der Waals surface area contributed by atoms with E-state index in [-0.39, 0.29) is 5.91 Å². The Kier molecular flexibility index (Phi) is 2.90. The van der Waals surface area contributed by atoms with Crippen molar-refractivity contribution in [3.8, 4) is 11.1 Å². The number of nitrogens with one attached hydrogen (secondary N) is 1. The van der Waals surface area contributed by atoms with E-state index in [0.29, 0.717) is 11.5 Å². The molecule has 2 aromatic rings. The number of nitrogens with two attached hydrogens (primary N) is 1. The van der Waals surface area contributed by atoms with Crippen molar-refractivity contribution in [3.63, 3.8) is 0 Å². The zero-order chi connectivity index (χ0) is 14.1. The van der Waals surface area contributed by atoms with Crippen LogP contribution in [0.15, 0.2) is 42.6 Å². The largest absolute Gasteiger partial charge is 0.578 e. The first-order valence-electron chi connectivity index (χ1n) is 6.22. The van der Waals surface area contributed by atoms with Crippen LogP contribution in [0.5, 0.6) is 0 Å². The van der Waals surface area contributed by atoms with Gasteiger partial charge in [-0.15, -0.1) is 0 Å². The van der Waals surface area contributed by atoms with E-state index in [1.54, 1.807) is 4.68 Å². The minimum absolute atomic E-state index is 0.160. The fourth-order valence-electron chi connectivity index (χ4n) is 2.08. The zero-order valence-electron chi connectivity index (χ0n) is 10.9. The number of nitrogens with zero attached hydrogens (tertiary/aromatic N) is 3. The molecular weight excluding hydrogens is 254 g/mol. The van der Waals surface area contributed by atoms with Crippen LogP contribution in [0, 0.1) is 0 Å². The SMILES string of the molecule is CC(=O)NC1[N-]c2ccc(-c3cccc(N)c3)c[n+]2[N-]1. The van der Waals surface area contributed by atoms with Gasteiger partial charge in [-0.05, 0) is 41.6 Å². The van der Waals surface area contributed by atoms with Gasteiger partial charge in [-0.2, -0.15) is 0 Å². The molecule has 3 rings (SSSR count). The lowest BCUT2D eigenvalue weighted by Crippen LogP contribution is -2.35. The number of nitrogen functional groups attached to an aromatic ring is 1. The highest BCUT2D eigenvalue weighted by Gasteiger charge is 2.12. The first-order valence-corrected chi connectivity index (χ1v) is 6.22. The van der Waals surface area contributed by atoms with Gasteiger partial charge in [0.25, 0.3) is 0 Å². The molecule has 1 aromatic heterocycles. The molecule has 0 aliphatic carbocycles.